The number of benzene rings is 1. The number of carbonyl (C=O) groups is 1. The van der Waals surface area contributed by atoms with E-state index in [2.05, 4.69) is 34.0 Å². The van der Waals surface area contributed by atoms with E-state index < -0.39 is 0 Å². The van der Waals surface area contributed by atoms with Gasteiger partial charge in [-0.3, -0.25) is 4.79 Å². The zero-order valence-electron chi connectivity index (χ0n) is 9.21. The number of hydrogen-bond acceptors (Lipinski definition) is 1. The highest BCUT2D eigenvalue weighted by Crippen LogP contribution is 2.37. The molecule has 1 aliphatic heterocycles. The molecule has 0 fully saturated rings. The molecule has 6 heteroatoms. The van der Waals surface area contributed by atoms with Crippen molar-refractivity contribution in [1.29, 1.82) is 0 Å². The van der Waals surface area contributed by atoms with Crippen molar-refractivity contribution in [3.8, 4) is 0 Å². The monoisotopic (exact) mass is 394 g/mol. The Hall–Kier alpha value is -0.460. The van der Waals surface area contributed by atoms with Gasteiger partial charge in [0.15, 0.2) is 0 Å². The number of rotatable bonds is 0. The number of fused-ring (bicyclic) bond motifs is 3. The van der Waals surface area contributed by atoms with E-state index in [1.807, 2.05) is 10.6 Å². The van der Waals surface area contributed by atoms with Gasteiger partial charge in [0, 0.05) is 17.6 Å². The number of amides is 1. The summed E-state index contributed by atoms with van der Waals surface area (Å²) in [5.74, 6) is 0.00366. The second kappa shape index (κ2) is 4.58. The van der Waals surface area contributed by atoms with Gasteiger partial charge in [-0.25, -0.2) is 0 Å². The van der Waals surface area contributed by atoms with Crippen LogP contribution in [-0.4, -0.2) is 17.0 Å². The summed E-state index contributed by atoms with van der Waals surface area (Å²) in [5.41, 5.74) is 1.95. The molecule has 1 amide bonds. The first-order valence-electron chi connectivity index (χ1n) is 5.46. The molecule has 1 aromatic heterocycles. The summed E-state index contributed by atoms with van der Waals surface area (Å²) in [7, 11) is 0. The summed E-state index contributed by atoms with van der Waals surface area (Å²) in [6.07, 6.45) is 0. The number of nitrogens with zero attached hydrogens (tertiary/aromatic N) is 1. The minimum atomic E-state index is 0.00366. The second-order valence-corrected chi connectivity index (χ2v) is 6.51. The van der Waals surface area contributed by atoms with Crippen LogP contribution >= 0.6 is 45.8 Å². The SMILES string of the molecule is O=C1Cn2c(cc3ccc(Cl)c(Cl)c32)C(I)CN1. The van der Waals surface area contributed by atoms with Gasteiger partial charge in [-0.05, 0) is 12.1 Å². The van der Waals surface area contributed by atoms with Gasteiger partial charge < -0.3 is 9.88 Å². The lowest BCUT2D eigenvalue weighted by molar-refractivity contribution is -0.121. The van der Waals surface area contributed by atoms with Gasteiger partial charge >= 0.3 is 0 Å². The van der Waals surface area contributed by atoms with Crippen molar-refractivity contribution in [3.63, 3.8) is 0 Å². The molecule has 0 saturated heterocycles. The van der Waals surface area contributed by atoms with Gasteiger partial charge in [-0.2, -0.15) is 0 Å². The van der Waals surface area contributed by atoms with Crippen LogP contribution in [0.15, 0.2) is 18.2 Å². The van der Waals surface area contributed by atoms with Gasteiger partial charge in [-0.1, -0.05) is 51.9 Å². The predicted octanol–water partition coefficient (Wildman–Crippen LogP) is 3.55. The maximum atomic E-state index is 11.7. The quantitative estimate of drug-likeness (QED) is 0.538. The molecular weight excluding hydrogens is 386 g/mol. The zero-order chi connectivity index (χ0) is 12.9. The van der Waals surface area contributed by atoms with Gasteiger partial charge in [0.1, 0.15) is 6.54 Å². The molecule has 3 rings (SSSR count). The van der Waals surface area contributed by atoms with E-state index in [0.717, 1.165) is 16.6 Å². The highest BCUT2D eigenvalue weighted by molar-refractivity contribution is 14.1. The zero-order valence-corrected chi connectivity index (χ0v) is 12.9. The van der Waals surface area contributed by atoms with Crippen molar-refractivity contribution in [1.82, 2.24) is 9.88 Å². The molecule has 0 spiro atoms. The Kier molecular flexibility index (Phi) is 3.20. The van der Waals surface area contributed by atoms with E-state index in [-0.39, 0.29) is 9.83 Å². The van der Waals surface area contributed by atoms with E-state index in [1.165, 1.54) is 0 Å². The van der Waals surface area contributed by atoms with Crippen LogP contribution in [0.5, 0.6) is 0 Å². The van der Waals surface area contributed by atoms with Crippen LogP contribution in [0.1, 0.15) is 9.62 Å². The van der Waals surface area contributed by atoms with Crippen LogP contribution in [0, 0.1) is 0 Å². The van der Waals surface area contributed by atoms with Crippen LogP contribution in [0.25, 0.3) is 10.9 Å². The Morgan fingerprint density at radius 1 is 1.39 bits per heavy atom. The summed E-state index contributed by atoms with van der Waals surface area (Å²) in [4.78, 5) is 11.7. The number of nitrogens with one attached hydrogen (secondary N) is 1. The summed E-state index contributed by atoms with van der Waals surface area (Å²) < 4.78 is 2.19. The highest BCUT2D eigenvalue weighted by Gasteiger charge is 2.23. The topological polar surface area (TPSA) is 34.0 Å². The molecule has 1 N–H and O–H groups in total. The molecule has 0 radical (unpaired) electrons. The fourth-order valence-electron chi connectivity index (χ4n) is 2.25. The van der Waals surface area contributed by atoms with Crippen LogP contribution in [-0.2, 0) is 11.3 Å². The van der Waals surface area contributed by atoms with Gasteiger partial charge in [-0.15, -0.1) is 0 Å². The average molecular weight is 395 g/mol. The van der Waals surface area contributed by atoms with E-state index in [1.54, 1.807) is 6.07 Å². The largest absolute Gasteiger partial charge is 0.353 e. The number of carbonyl (C=O) groups excluding carboxylic acids is 1. The fourth-order valence-corrected chi connectivity index (χ4v) is 3.41. The van der Waals surface area contributed by atoms with Crippen molar-refractivity contribution < 1.29 is 4.79 Å². The third kappa shape index (κ3) is 1.90. The first-order chi connectivity index (χ1) is 8.58. The van der Waals surface area contributed by atoms with Crippen molar-refractivity contribution in [2.24, 2.45) is 0 Å². The molecule has 2 aromatic rings. The van der Waals surface area contributed by atoms with Gasteiger partial charge in [0.25, 0.3) is 0 Å². The first-order valence-corrected chi connectivity index (χ1v) is 7.46. The van der Waals surface area contributed by atoms with Gasteiger partial charge in [0.2, 0.25) is 5.91 Å². The maximum absolute atomic E-state index is 11.7. The third-order valence-corrected chi connectivity index (χ3v) is 4.96. The molecule has 1 aliphatic rings. The minimum absolute atomic E-state index is 0.00366. The first kappa shape index (κ1) is 12.6. The lowest BCUT2D eigenvalue weighted by Crippen LogP contribution is -2.26. The molecule has 3 nitrogen and oxygen atoms in total. The molecule has 1 aromatic carbocycles. The predicted molar refractivity (Wildman–Crippen MR) is 81.7 cm³/mol. The fraction of sp³-hybridized carbons (Fsp3) is 0.250. The maximum Gasteiger partial charge on any atom is 0.239 e. The number of alkyl halides is 1. The average Bonchev–Trinajstić information content (AvgIpc) is 2.64. The smallest absolute Gasteiger partial charge is 0.239 e. The standard InChI is InChI=1S/C12H9Cl2IN2O/c13-7-2-1-6-3-9-8(15)4-16-10(18)5-17(9)12(6)11(7)14/h1-3,8H,4-5H2,(H,16,18). The summed E-state index contributed by atoms with van der Waals surface area (Å²) in [6, 6.07) is 5.80. The molecular formula is C12H9Cl2IN2O. The van der Waals surface area contributed by atoms with E-state index in [4.69, 9.17) is 23.2 Å². The van der Waals surface area contributed by atoms with E-state index in [9.17, 15) is 4.79 Å². The lowest BCUT2D eigenvalue weighted by atomic mass is 10.2. The van der Waals surface area contributed by atoms with Crippen molar-refractivity contribution >= 4 is 62.6 Å². The Balaban J connectivity index is 2.34. The molecule has 0 aliphatic carbocycles. The molecule has 0 bridgehead atoms. The minimum Gasteiger partial charge on any atom is -0.353 e. The second-order valence-electron chi connectivity index (χ2n) is 4.23. The Bertz CT molecular complexity index is 653. The molecule has 18 heavy (non-hydrogen) atoms. The molecule has 1 atom stereocenters. The van der Waals surface area contributed by atoms with Crippen molar-refractivity contribution in [3.05, 3.63) is 33.9 Å². The number of aromatic nitrogens is 1. The van der Waals surface area contributed by atoms with Crippen LogP contribution in [0.4, 0.5) is 0 Å². The Morgan fingerprint density at radius 3 is 2.94 bits per heavy atom. The summed E-state index contributed by atoms with van der Waals surface area (Å²) >= 11 is 14.6. The summed E-state index contributed by atoms with van der Waals surface area (Å²) in [5, 5.41) is 4.93. The van der Waals surface area contributed by atoms with E-state index in [0.29, 0.717) is 23.1 Å². The lowest BCUT2D eigenvalue weighted by Gasteiger charge is -2.09. The number of halogens is 3. The number of hydrogen-bond donors (Lipinski definition) is 1. The molecule has 0 saturated carbocycles. The molecule has 94 valence electrons. The van der Waals surface area contributed by atoms with Crippen LogP contribution in [0.2, 0.25) is 10.0 Å². The van der Waals surface area contributed by atoms with Crippen molar-refractivity contribution in [2.75, 3.05) is 6.54 Å². The third-order valence-electron chi connectivity index (χ3n) is 3.09. The molecule has 2 heterocycles. The molecule has 1 unspecified atom stereocenters. The van der Waals surface area contributed by atoms with Gasteiger partial charge in [0.05, 0.1) is 19.5 Å². The van der Waals surface area contributed by atoms with Crippen LogP contribution < -0.4 is 5.32 Å². The summed E-state index contributed by atoms with van der Waals surface area (Å²) in [6.45, 7) is 0.930. The highest BCUT2D eigenvalue weighted by atomic mass is 127. The Labute approximate surface area is 128 Å². The van der Waals surface area contributed by atoms with Crippen molar-refractivity contribution in [2.45, 2.75) is 10.5 Å². The Morgan fingerprint density at radius 2 is 2.17 bits per heavy atom. The van der Waals surface area contributed by atoms with Crippen LogP contribution in [0.3, 0.4) is 0 Å². The van der Waals surface area contributed by atoms with E-state index >= 15 is 0 Å². The normalized spacial score (nSPS) is 19.5.